The van der Waals surface area contributed by atoms with Crippen LogP contribution in [0.4, 0.5) is 0 Å². The smallest absolute Gasteiger partial charge is 0.134 e. The van der Waals surface area contributed by atoms with Crippen LogP contribution in [0.25, 0.3) is 0 Å². The third-order valence-corrected chi connectivity index (χ3v) is 5.79. The summed E-state index contributed by atoms with van der Waals surface area (Å²) in [5, 5.41) is 10.6. The van der Waals surface area contributed by atoms with Gasteiger partial charge in [0.05, 0.1) is 30.6 Å². The molecule has 2 aromatic rings. The van der Waals surface area contributed by atoms with Gasteiger partial charge in [0, 0.05) is 12.8 Å². The lowest BCUT2D eigenvalue weighted by atomic mass is 9.74. The van der Waals surface area contributed by atoms with Crippen molar-refractivity contribution in [2.75, 3.05) is 13.6 Å². The van der Waals surface area contributed by atoms with Gasteiger partial charge in [-0.25, -0.2) is 0 Å². The number of phenols is 1. The van der Waals surface area contributed by atoms with Crippen LogP contribution in [0.3, 0.4) is 0 Å². The van der Waals surface area contributed by atoms with E-state index in [-0.39, 0.29) is 5.75 Å². The van der Waals surface area contributed by atoms with Gasteiger partial charge in [0.1, 0.15) is 5.75 Å². The fourth-order valence-corrected chi connectivity index (χ4v) is 4.50. The minimum atomic E-state index is 0.210. The number of halogens is 1. The molecule has 114 valence electrons. The van der Waals surface area contributed by atoms with Crippen molar-refractivity contribution in [3.8, 4) is 5.75 Å². The first-order valence-corrected chi connectivity index (χ1v) is 8.44. The van der Waals surface area contributed by atoms with E-state index < -0.39 is 0 Å². The van der Waals surface area contributed by atoms with E-state index in [0.29, 0.717) is 17.0 Å². The molecule has 22 heavy (non-hydrogen) atoms. The molecule has 1 unspecified atom stereocenters. The van der Waals surface area contributed by atoms with Crippen molar-refractivity contribution in [2.45, 2.75) is 31.2 Å². The van der Waals surface area contributed by atoms with Gasteiger partial charge in [0.2, 0.25) is 0 Å². The van der Waals surface area contributed by atoms with Crippen molar-refractivity contribution in [3.05, 3.63) is 63.7 Å². The summed E-state index contributed by atoms with van der Waals surface area (Å²) in [6, 6.07) is 13.2. The Balaban J connectivity index is 1.94. The number of quaternary nitrogens is 1. The Hall–Kier alpha value is -1.51. The monoisotopic (exact) mass is 314 g/mol. The van der Waals surface area contributed by atoms with Gasteiger partial charge in [-0.2, -0.15) is 0 Å². The highest BCUT2D eigenvalue weighted by atomic mass is 35.5. The molecule has 0 aromatic heterocycles. The van der Waals surface area contributed by atoms with Gasteiger partial charge >= 0.3 is 0 Å². The van der Waals surface area contributed by atoms with Gasteiger partial charge in [-0.1, -0.05) is 35.9 Å². The summed E-state index contributed by atoms with van der Waals surface area (Å²) in [5.74, 6) is 0.576. The Morgan fingerprint density at radius 1 is 1.09 bits per heavy atom. The molecule has 1 aliphatic heterocycles. The number of nitrogens with one attached hydrogen (secondary N) is 1. The number of likely N-dealkylation sites (N-methyl/N-ethyl adjacent to an activating group) is 1. The summed E-state index contributed by atoms with van der Waals surface area (Å²) in [5.41, 5.74) is 5.46. The molecule has 2 aromatic carbocycles. The zero-order chi connectivity index (χ0) is 15.3. The number of aryl methyl sites for hydroxylation is 1. The summed E-state index contributed by atoms with van der Waals surface area (Å²) < 4.78 is 0. The molecule has 0 spiro atoms. The molecule has 0 fully saturated rings. The summed E-state index contributed by atoms with van der Waals surface area (Å²) >= 11 is 6.15. The molecule has 4 rings (SSSR count). The number of aromatic hydroxyl groups is 1. The van der Waals surface area contributed by atoms with Crippen LogP contribution < -0.4 is 4.90 Å². The normalized spacial score (nSPS) is 26.5. The van der Waals surface area contributed by atoms with Crippen LogP contribution in [0.1, 0.15) is 34.6 Å². The first kappa shape index (κ1) is 14.1. The van der Waals surface area contributed by atoms with Gasteiger partial charge in [0.15, 0.2) is 0 Å². The first-order valence-electron chi connectivity index (χ1n) is 8.06. The Bertz CT molecular complexity index is 727. The van der Waals surface area contributed by atoms with Crippen LogP contribution >= 0.6 is 11.6 Å². The number of hydrogen-bond acceptors (Lipinski definition) is 1. The van der Waals surface area contributed by atoms with E-state index in [0.717, 1.165) is 19.4 Å². The van der Waals surface area contributed by atoms with Crippen molar-refractivity contribution >= 4 is 11.6 Å². The highest BCUT2D eigenvalue weighted by Crippen LogP contribution is 2.41. The number of phenolic OH excluding ortho intramolecular Hbond substituents is 1. The molecule has 1 aliphatic carbocycles. The molecule has 2 aliphatic rings. The largest absolute Gasteiger partial charge is 0.506 e. The second-order valence-electron chi connectivity index (χ2n) is 6.67. The van der Waals surface area contributed by atoms with E-state index in [1.165, 1.54) is 28.7 Å². The van der Waals surface area contributed by atoms with Crippen molar-refractivity contribution in [2.24, 2.45) is 0 Å². The SMILES string of the molecule is C[NH+]1CCc2cc(Cl)c(O)cc2[C@H]2c3ccccc3CC[C@@H]21. The Morgan fingerprint density at radius 3 is 2.77 bits per heavy atom. The molecule has 0 saturated heterocycles. The fourth-order valence-electron chi connectivity index (χ4n) is 4.32. The molecule has 3 heteroatoms. The number of hydrogen-bond donors (Lipinski definition) is 2. The van der Waals surface area contributed by atoms with E-state index in [1.54, 1.807) is 4.90 Å². The lowest BCUT2D eigenvalue weighted by Crippen LogP contribution is -3.13. The zero-order valence-corrected chi connectivity index (χ0v) is 13.5. The molecule has 0 amide bonds. The molecular formula is C19H21ClNO+. The molecule has 0 bridgehead atoms. The summed E-state index contributed by atoms with van der Waals surface area (Å²) in [4.78, 5) is 1.59. The molecule has 3 atom stereocenters. The zero-order valence-electron chi connectivity index (χ0n) is 12.8. The Labute approximate surface area is 136 Å². The second kappa shape index (κ2) is 5.29. The predicted octanol–water partition coefficient (Wildman–Crippen LogP) is 2.56. The van der Waals surface area contributed by atoms with Gasteiger partial charge in [-0.3, -0.25) is 0 Å². The number of benzene rings is 2. The number of rotatable bonds is 0. The first-order chi connectivity index (χ1) is 10.6. The summed E-state index contributed by atoms with van der Waals surface area (Å²) in [6.07, 6.45) is 3.39. The van der Waals surface area contributed by atoms with Crippen LogP contribution in [0, 0.1) is 0 Å². The van der Waals surface area contributed by atoms with Crippen molar-refractivity contribution in [1.29, 1.82) is 0 Å². The maximum Gasteiger partial charge on any atom is 0.134 e. The molecule has 0 saturated carbocycles. The lowest BCUT2D eigenvalue weighted by molar-refractivity contribution is -0.907. The minimum absolute atomic E-state index is 0.210. The van der Waals surface area contributed by atoms with Crippen molar-refractivity contribution < 1.29 is 10.0 Å². The molecular weight excluding hydrogens is 294 g/mol. The van der Waals surface area contributed by atoms with Gasteiger partial charge in [-0.15, -0.1) is 0 Å². The second-order valence-corrected chi connectivity index (χ2v) is 7.08. The third-order valence-electron chi connectivity index (χ3n) is 5.48. The summed E-state index contributed by atoms with van der Waals surface area (Å²) in [7, 11) is 2.30. The predicted molar refractivity (Wildman–Crippen MR) is 89.0 cm³/mol. The van der Waals surface area contributed by atoms with Gasteiger partial charge in [0.25, 0.3) is 0 Å². The average molecular weight is 315 g/mol. The van der Waals surface area contributed by atoms with Crippen LogP contribution in [0.5, 0.6) is 5.75 Å². The highest BCUT2D eigenvalue weighted by molar-refractivity contribution is 6.32. The third kappa shape index (κ3) is 2.13. The van der Waals surface area contributed by atoms with Crippen molar-refractivity contribution in [1.82, 2.24) is 0 Å². The van der Waals surface area contributed by atoms with E-state index >= 15 is 0 Å². The van der Waals surface area contributed by atoms with E-state index in [1.807, 2.05) is 12.1 Å². The van der Waals surface area contributed by atoms with Crippen LogP contribution in [-0.4, -0.2) is 24.7 Å². The highest BCUT2D eigenvalue weighted by Gasteiger charge is 2.39. The standard InChI is InChI=1S/C19H20ClNO/c1-21-9-8-13-10-16(20)18(22)11-15(13)19-14-5-3-2-4-12(14)6-7-17(19)21/h2-5,10-11,17,19,22H,6-9H2,1H3/p+1/t17-,19+/m0/s1. The molecule has 2 nitrogen and oxygen atoms in total. The average Bonchev–Trinajstić information content (AvgIpc) is 2.66. The maximum absolute atomic E-state index is 10.1. The summed E-state index contributed by atoms with van der Waals surface area (Å²) in [6.45, 7) is 1.12. The molecule has 2 N–H and O–H groups in total. The quantitative estimate of drug-likeness (QED) is 0.767. The minimum Gasteiger partial charge on any atom is -0.506 e. The van der Waals surface area contributed by atoms with Gasteiger partial charge in [-0.05, 0) is 40.8 Å². The van der Waals surface area contributed by atoms with Crippen LogP contribution in [0.2, 0.25) is 5.02 Å². The topological polar surface area (TPSA) is 24.7 Å². The van der Waals surface area contributed by atoms with E-state index in [2.05, 4.69) is 31.3 Å². The van der Waals surface area contributed by atoms with E-state index in [9.17, 15) is 5.11 Å². The molecule has 1 heterocycles. The Morgan fingerprint density at radius 2 is 1.91 bits per heavy atom. The van der Waals surface area contributed by atoms with E-state index in [4.69, 9.17) is 11.6 Å². The maximum atomic E-state index is 10.1. The molecule has 0 radical (unpaired) electrons. The Kier molecular flexibility index (Phi) is 3.39. The van der Waals surface area contributed by atoms with Crippen LogP contribution in [0.15, 0.2) is 36.4 Å². The fraction of sp³-hybridized carbons (Fsp3) is 0.368. The van der Waals surface area contributed by atoms with Crippen molar-refractivity contribution in [3.63, 3.8) is 0 Å². The van der Waals surface area contributed by atoms with Gasteiger partial charge < -0.3 is 10.0 Å². The lowest BCUT2D eigenvalue weighted by Gasteiger charge is -2.35. The number of fused-ring (bicyclic) bond motifs is 5. The van der Waals surface area contributed by atoms with Crippen LogP contribution in [-0.2, 0) is 12.8 Å².